The summed E-state index contributed by atoms with van der Waals surface area (Å²) in [5.41, 5.74) is 8.02. The van der Waals surface area contributed by atoms with Gasteiger partial charge in [-0.15, -0.1) is 0 Å². The summed E-state index contributed by atoms with van der Waals surface area (Å²) in [6, 6.07) is 5.44. The summed E-state index contributed by atoms with van der Waals surface area (Å²) in [6.45, 7) is 4.04. The highest BCUT2D eigenvalue weighted by Crippen LogP contribution is 2.45. The average molecular weight is 258 g/mol. The van der Waals surface area contributed by atoms with Crippen molar-refractivity contribution in [2.24, 2.45) is 17.8 Å². The lowest BCUT2D eigenvalue weighted by atomic mass is 10.00. The fraction of sp³-hybridized carbons (Fsp3) is 0.467. The van der Waals surface area contributed by atoms with Gasteiger partial charge in [0.05, 0.1) is 23.2 Å². The molecule has 2 amide bonds. The molecule has 4 nitrogen and oxygen atoms in total. The summed E-state index contributed by atoms with van der Waals surface area (Å²) in [6.07, 6.45) is 1.63. The van der Waals surface area contributed by atoms with Crippen molar-refractivity contribution < 1.29 is 9.59 Å². The normalized spacial score (nSPS) is 30.0. The largest absolute Gasteiger partial charge is 0.397 e. The zero-order valence-electron chi connectivity index (χ0n) is 11.2. The van der Waals surface area contributed by atoms with Crippen LogP contribution >= 0.6 is 0 Å². The molecule has 0 bridgehead atoms. The molecular weight excluding hydrogens is 240 g/mol. The van der Waals surface area contributed by atoms with E-state index < -0.39 is 0 Å². The Morgan fingerprint density at radius 3 is 2.26 bits per heavy atom. The highest BCUT2D eigenvalue weighted by atomic mass is 16.2. The molecule has 3 rings (SSSR count). The third-order valence-electron chi connectivity index (χ3n) is 4.30. The van der Waals surface area contributed by atoms with E-state index in [1.807, 2.05) is 13.0 Å². The molecule has 1 aliphatic carbocycles. The second-order valence-electron chi connectivity index (χ2n) is 5.86. The molecular formula is C15H18N2O2. The van der Waals surface area contributed by atoms with Gasteiger partial charge in [-0.2, -0.15) is 0 Å². The molecule has 1 saturated carbocycles. The fourth-order valence-corrected chi connectivity index (χ4v) is 3.39. The van der Waals surface area contributed by atoms with E-state index >= 15 is 0 Å². The van der Waals surface area contributed by atoms with Crippen LogP contribution in [-0.4, -0.2) is 11.8 Å². The number of imide groups is 1. The van der Waals surface area contributed by atoms with Crippen molar-refractivity contribution in [2.45, 2.75) is 26.7 Å². The number of fused-ring (bicyclic) bond motifs is 1. The average Bonchev–Trinajstić information content (AvgIpc) is 2.82. The maximum atomic E-state index is 12.4. The van der Waals surface area contributed by atoms with Crippen molar-refractivity contribution in [3.05, 3.63) is 23.8 Å². The molecule has 2 N–H and O–H groups in total. The van der Waals surface area contributed by atoms with Crippen LogP contribution in [-0.2, 0) is 9.59 Å². The standard InChI is InChI=1S/C15H18N2O2/c1-8-3-4-13(12(16)7-8)17-14(18)10-5-9(2)6-11(10)15(17)19/h3-4,7,9-11H,5-6,16H2,1-2H3. The summed E-state index contributed by atoms with van der Waals surface area (Å²) >= 11 is 0. The van der Waals surface area contributed by atoms with Crippen LogP contribution in [0.4, 0.5) is 11.4 Å². The Morgan fingerprint density at radius 2 is 1.74 bits per heavy atom. The molecule has 0 radical (unpaired) electrons. The number of aryl methyl sites for hydroxylation is 1. The first-order valence-electron chi connectivity index (χ1n) is 6.73. The molecule has 0 aromatic heterocycles. The van der Waals surface area contributed by atoms with Crippen LogP contribution in [0.5, 0.6) is 0 Å². The second-order valence-corrected chi connectivity index (χ2v) is 5.86. The van der Waals surface area contributed by atoms with Gasteiger partial charge in [0.25, 0.3) is 0 Å². The number of nitrogen functional groups attached to an aromatic ring is 1. The van der Waals surface area contributed by atoms with Crippen molar-refractivity contribution in [1.82, 2.24) is 0 Å². The highest BCUT2D eigenvalue weighted by molar-refractivity contribution is 6.23. The number of amides is 2. The molecule has 0 spiro atoms. The van der Waals surface area contributed by atoms with Crippen LogP contribution in [0.1, 0.15) is 25.3 Å². The molecule has 1 saturated heterocycles. The van der Waals surface area contributed by atoms with E-state index in [1.54, 1.807) is 12.1 Å². The molecule has 100 valence electrons. The van der Waals surface area contributed by atoms with Crippen molar-refractivity contribution in [3.63, 3.8) is 0 Å². The van der Waals surface area contributed by atoms with E-state index in [0.29, 0.717) is 17.3 Å². The predicted molar refractivity (Wildman–Crippen MR) is 73.5 cm³/mol. The Morgan fingerprint density at radius 1 is 1.16 bits per heavy atom. The Balaban J connectivity index is 1.99. The second kappa shape index (κ2) is 4.08. The van der Waals surface area contributed by atoms with Gasteiger partial charge in [-0.1, -0.05) is 13.0 Å². The van der Waals surface area contributed by atoms with Crippen LogP contribution in [0.2, 0.25) is 0 Å². The lowest BCUT2D eigenvalue weighted by molar-refractivity contribution is -0.123. The number of carbonyl (C=O) groups excluding carboxylic acids is 2. The predicted octanol–water partition coefficient (Wildman–Crippen LogP) is 2.11. The number of benzene rings is 1. The Bertz CT molecular complexity index is 543. The van der Waals surface area contributed by atoms with Crippen LogP contribution < -0.4 is 10.6 Å². The van der Waals surface area contributed by atoms with Gasteiger partial charge in [-0.3, -0.25) is 9.59 Å². The van der Waals surface area contributed by atoms with Gasteiger partial charge in [0, 0.05) is 0 Å². The van der Waals surface area contributed by atoms with Gasteiger partial charge in [-0.25, -0.2) is 4.90 Å². The van der Waals surface area contributed by atoms with Crippen molar-refractivity contribution in [1.29, 1.82) is 0 Å². The Kier molecular flexibility index (Phi) is 2.62. The number of hydrogen-bond acceptors (Lipinski definition) is 3. The zero-order chi connectivity index (χ0) is 13.7. The topological polar surface area (TPSA) is 63.4 Å². The summed E-state index contributed by atoms with van der Waals surface area (Å²) in [7, 11) is 0. The van der Waals surface area contributed by atoms with Gasteiger partial charge in [0.15, 0.2) is 0 Å². The first kappa shape index (κ1) is 12.2. The van der Waals surface area contributed by atoms with Crippen molar-refractivity contribution in [3.8, 4) is 0 Å². The summed E-state index contributed by atoms with van der Waals surface area (Å²) in [5, 5.41) is 0. The first-order valence-corrected chi connectivity index (χ1v) is 6.73. The number of nitrogens with zero attached hydrogens (tertiary/aromatic N) is 1. The van der Waals surface area contributed by atoms with Gasteiger partial charge >= 0.3 is 0 Å². The number of carbonyl (C=O) groups is 2. The Hall–Kier alpha value is -1.84. The van der Waals surface area contributed by atoms with E-state index in [1.165, 1.54) is 4.90 Å². The van der Waals surface area contributed by atoms with E-state index in [4.69, 9.17) is 5.73 Å². The molecule has 19 heavy (non-hydrogen) atoms. The molecule has 1 heterocycles. The van der Waals surface area contributed by atoms with E-state index in [2.05, 4.69) is 6.92 Å². The summed E-state index contributed by atoms with van der Waals surface area (Å²) in [5.74, 6) is 0.0385. The molecule has 2 aliphatic rings. The molecule has 1 aromatic carbocycles. The minimum Gasteiger partial charge on any atom is -0.397 e. The molecule has 1 aromatic rings. The van der Waals surface area contributed by atoms with Gasteiger partial charge in [0.1, 0.15) is 0 Å². The van der Waals surface area contributed by atoms with E-state index in [9.17, 15) is 9.59 Å². The number of rotatable bonds is 1. The van der Waals surface area contributed by atoms with Crippen LogP contribution in [0, 0.1) is 24.7 Å². The van der Waals surface area contributed by atoms with Crippen molar-refractivity contribution >= 4 is 23.2 Å². The quantitative estimate of drug-likeness (QED) is 0.620. The maximum Gasteiger partial charge on any atom is 0.237 e. The van der Waals surface area contributed by atoms with Crippen molar-refractivity contribution in [2.75, 3.05) is 10.6 Å². The molecule has 4 heteroatoms. The SMILES string of the molecule is Cc1ccc(N2C(=O)C3CC(C)CC3C2=O)c(N)c1. The smallest absolute Gasteiger partial charge is 0.237 e. The molecule has 1 aliphatic heterocycles. The van der Waals surface area contributed by atoms with Gasteiger partial charge in [0.2, 0.25) is 11.8 Å². The van der Waals surface area contributed by atoms with Crippen LogP contribution in [0.3, 0.4) is 0 Å². The summed E-state index contributed by atoms with van der Waals surface area (Å²) < 4.78 is 0. The van der Waals surface area contributed by atoms with Gasteiger partial charge in [-0.05, 0) is 43.4 Å². The Labute approximate surface area is 112 Å². The maximum absolute atomic E-state index is 12.4. The van der Waals surface area contributed by atoms with E-state index in [0.717, 1.165) is 18.4 Å². The molecule has 2 unspecified atom stereocenters. The third kappa shape index (κ3) is 1.74. The monoisotopic (exact) mass is 258 g/mol. The zero-order valence-corrected chi connectivity index (χ0v) is 11.2. The lowest BCUT2D eigenvalue weighted by Crippen LogP contribution is -2.32. The lowest BCUT2D eigenvalue weighted by Gasteiger charge is -2.19. The number of anilines is 2. The molecule has 2 fully saturated rings. The first-order chi connectivity index (χ1) is 8.99. The minimum absolute atomic E-state index is 0.0742. The van der Waals surface area contributed by atoms with Gasteiger partial charge < -0.3 is 5.73 Å². The van der Waals surface area contributed by atoms with Crippen LogP contribution in [0.15, 0.2) is 18.2 Å². The van der Waals surface area contributed by atoms with E-state index in [-0.39, 0.29) is 23.7 Å². The molecule has 2 atom stereocenters. The summed E-state index contributed by atoms with van der Waals surface area (Å²) in [4.78, 5) is 26.2. The number of nitrogens with two attached hydrogens (primary N) is 1. The third-order valence-corrected chi connectivity index (χ3v) is 4.30. The fourth-order valence-electron chi connectivity index (χ4n) is 3.39. The highest BCUT2D eigenvalue weighted by Gasteiger charge is 2.52. The number of hydrogen-bond donors (Lipinski definition) is 1. The van der Waals surface area contributed by atoms with Crippen LogP contribution in [0.25, 0.3) is 0 Å². The minimum atomic E-state index is -0.136.